The SMILES string of the molecule is C[S+]([O-])N=C=C=NC=C=C=NC(=O)[C@@H](Cc1cc(Br)c(O)c(Br)c1)OC(=O)N1CCC(N2CCc3ccccc3NC2=O)CC1. The predicted molar refractivity (Wildman–Crippen MR) is 177 cm³/mol. The van der Waals surface area contributed by atoms with Gasteiger partial charge >= 0.3 is 12.1 Å². The van der Waals surface area contributed by atoms with Crippen LogP contribution in [-0.2, 0) is 33.7 Å². The molecule has 0 radical (unpaired) electrons. The molecule has 1 saturated heterocycles. The van der Waals surface area contributed by atoms with E-state index in [1.54, 1.807) is 12.1 Å². The van der Waals surface area contributed by atoms with Crippen molar-refractivity contribution in [1.29, 1.82) is 0 Å². The van der Waals surface area contributed by atoms with Gasteiger partial charge < -0.3 is 29.5 Å². The third-order valence-electron chi connectivity index (χ3n) is 6.97. The maximum atomic E-state index is 13.2. The van der Waals surface area contributed by atoms with Gasteiger partial charge in [-0.05, 0) is 90.6 Å². The Labute approximate surface area is 279 Å². The lowest BCUT2D eigenvalue weighted by atomic mass is 10.0. The number of benzene rings is 2. The molecule has 0 spiro atoms. The second-order valence-corrected chi connectivity index (χ2v) is 12.7. The maximum absolute atomic E-state index is 13.2. The minimum Gasteiger partial charge on any atom is -0.591 e. The molecule has 0 saturated carbocycles. The number of halogens is 2. The lowest BCUT2D eigenvalue weighted by Gasteiger charge is -2.37. The molecular weight excluding hydrogens is 732 g/mol. The van der Waals surface area contributed by atoms with Crippen LogP contribution in [0.15, 0.2) is 71.7 Å². The molecule has 2 aromatic carbocycles. The Kier molecular flexibility index (Phi) is 12.4. The molecule has 234 valence electrons. The summed E-state index contributed by atoms with van der Waals surface area (Å²) in [5, 5.41) is 13.1. The Morgan fingerprint density at radius 3 is 2.60 bits per heavy atom. The van der Waals surface area contributed by atoms with Gasteiger partial charge in [-0.1, -0.05) is 18.2 Å². The van der Waals surface area contributed by atoms with Crippen LogP contribution in [0.4, 0.5) is 15.3 Å². The zero-order valence-electron chi connectivity index (χ0n) is 24.0. The molecule has 45 heavy (non-hydrogen) atoms. The van der Waals surface area contributed by atoms with Gasteiger partial charge in [-0.3, -0.25) is 4.79 Å². The van der Waals surface area contributed by atoms with Crippen molar-refractivity contribution >= 4 is 84.6 Å². The van der Waals surface area contributed by atoms with Gasteiger partial charge in [0.05, 0.1) is 21.0 Å². The summed E-state index contributed by atoms with van der Waals surface area (Å²) in [4.78, 5) is 49.9. The Balaban J connectivity index is 1.43. The number of phenolic OH excluding ortho intramolecular Hbond substituents is 1. The molecule has 2 heterocycles. The van der Waals surface area contributed by atoms with Gasteiger partial charge in [-0.25, -0.2) is 9.59 Å². The first kappa shape index (κ1) is 34.0. The van der Waals surface area contributed by atoms with E-state index in [9.17, 15) is 24.0 Å². The number of likely N-dealkylation sites (tertiary alicyclic amines) is 1. The number of nitrogens with one attached hydrogen (secondary N) is 1. The molecule has 12 nitrogen and oxygen atoms in total. The second kappa shape index (κ2) is 16.4. The van der Waals surface area contributed by atoms with E-state index >= 15 is 0 Å². The number of amides is 4. The molecular formula is C30H28Br2N6O6S. The molecule has 1 fully saturated rings. The standard InChI is InChI=1S/C30H28Br2N6O6S/c1-45(43)35-13-12-33-10-4-11-34-28(40)26(19-20-17-23(31)27(39)24(32)18-20)44-30(42)37-14-8-22(9-15-37)38-16-7-21-5-2-3-6-25(21)36-29(38)41/h2-3,5-6,10,17-18,22,26,39H,7-9,14-16,19H2,1H3,(H,36,41)/t26-,45?/m1/s1. The van der Waals surface area contributed by atoms with Crippen molar-refractivity contribution in [1.82, 2.24) is 9.80 Å². The molecule has 0 aliphatic carbocycles. The molecule has 2 aliphatic rings. The van der Waals surface area contributed by atoms with Gasteiger partial charge in [0.1, 0.15) is 29.2 Å². The number of phenols is 1. The number of piperidine rings is 1. The number of carbonyl (C=O) groups is 3. The Morgan fingerprint density at radius 2 is 1.89 bits per heavy atom. The van der Waals surface area contributed by atoms with Gasteiger partial charge in [0.25, 0.3) is 5.91 Å². The van der Waals surface area contributed by atoms with E-state index in [4.69, 9.17) is 4.74 Å². The van der Waals surface area contributed by atoms with Gasteiger partial charge in [-0.2, -0.15) is 9.98 Å². The van der Waals surface area contributed by atoms with E-state index in [1.165, 1.54) is 11.2 Å². The number of ether oxygens (including phenoxy) is 1. The number of fused-ring (bicyclic) bond motifs is 1. The summed E-state index contributed by atoms with van der Waals surface area (Å²) in [6.45, 7) is 1.24. The number of aliphatic imine (C=N–C) groups is 2. The van der Waals surface area contributed by atoms with E-state index in [-0.39, 0.29) is 24.2 Å². The smallest absolute Gasteiger partial charge is 0.410 e. The fraction of sp³-hybridized carbons (Fsp3) is 0.333. The van der Waals surface area contributed by atoms with Crippen molar-refractivity contribution in [3.8, 4) is 5.75 Å². The monoisotopic (exact) mass is 758 g/mol. The average Bonchev–Trinajstić information content (AvgIpc) is 3.18. The Hall–Kier alpha value is -3.89. The summed E-state index contributed by atoms with van der Waals surface area (Å²) in [6.07, 6.45) is 2.26. The van der Waals surface area contributed by atoms with E-state index in [1.807, 2.05) is 29.2 Å². The number of carbonyl (C=O) groups excluding carboxylic acids is 3. The quantitative estimate of drug-likeness (QED) is 0.239. The van der Waals surface area contributed by atoms with Gasteiger partial charge in [0.15, 0.2) is 6.10 Å². The van der Waals surface area contributed by atoms with E-state index in [2.05, 4.69) is 74.9 Å². The van der Waals surface area contributed by atoms with Crippen LogP contribution < -0.4 is 5.32 Å². The fourth-order valence-electron chi connectivity index (χ4n) is 4.79. The molecule has 0 bridgehead atoms. The fourth-order valence-corrected chi connectivity index (χ4v) is 6.24. The minimum absolute atomic E-state index is 0.0145. The number of nitrogens with zero attached hydrogens (tertiary/aromatic N) is 5. The molecule has 1 unspecified atom stereocenters. The molecule has 15 heteroatoms. The number of aromatic hydroxyl groups is 1. The molecule has 2 aromatic rings. The van der Waals surface area contributed by atoms with Crippen LogP contribution in [0, 0.1) is 0 Å². The highest BCUT2D eigenvalue weighted by Gasteiger charge is 2.33. The molecule has 4 amide bonds. The van der Waals surface area contributed by atoms with Crippen LogP contribution in [-0.4, -0.2) is 93.1 Å². The van der Waals surface area contributed by atoms with Crippen LogP contribution in [0.25, 0.3) is 0 Å². The Morgan fingerprint density at radius 1 is 1.18 bits per heavy atom. The van der Waals surface area contributed by atoms with Crippen molar-refractivity contribution in [2.24, 2.45) is 14.4 Å². The summed E-state index contributed by atoms with van der Waals surface area (Å²) in [5.74, 6) is 6.00. The van der Waals surface area contributed by atoms with Crippen molar-refractivity contribution in [3.05, 3.63) is 68.4 Å². The molecule has 4 rings (SSSR count). The first-order valence-electron chi connectivity index (χ1n) is 13.7. The first-order valence-corrected chi connectivity index (χ1v) is 16.8. The Bertz CT molecular complexity index is 1630. The molecule has 2 N–H and O–H groups in total. The number of urea groups is 1. The van der Waals surface area contributed by atoms with Gasteiger partial charge in [0, 0.05) is 43.7 Å². The predicted octanol–water partition coefficient (Wildman–Crippen LogP) is 4.57. The molecule has 2 atom stereocenters. The molecule has 0 aromatic heterocycles. The third-order valence-corrected chi connectivity index (χ3v) is 8.53. The van der Waals surface area contributed by atoms with Crippen LogP contribution >= 0.6 is 31.9 Å². The average molecular weight is 760 g/mol. The number of rotatable bonds is 7. The number of hydrogen-bond donors (Lipinski definition) is 2. The van der Waals surface area contributed by atoms with Crippen LogP contribution in [0.3, 0.4) is 0 Å². The van der Waals surface area contributed by atoms with E-state index in [0.29, 0.717) is 47.0 Å². The van der Waals surface area contributed by atoms with Crippen molar-refractivity contribution in [2.75, 3.05) is 31.2 Å². The lowest BCUT2D eigenvalue weighted by molar-refractivity contribution is -0.126. The largest absolute Gasteiger partial charge is 0.591 e. The lowest BCUT2D eigenvalue weighted by Crippen LogP contribution is -2.50. The highest BCUT2D eigenvalue weighted by Crippen LogP contribution is 2.34. The maximum Gasteiger partial charge on any atom is 0.410 e. The zero-order valence-corrected chi connectivity index (χ0v) is 28.0. The van der Waals surface area contributed by atoms with Crippen molar-refractivity contribution < 1.29 is 28.8 Å². The third kappa shape index (κ3) is 9.80. The van der Waals surface area contributed by atoms with E-state index < -0.39 is 29.5 Å². The van der Waals surface area contributed by atoms with Crippen molar-refractivity contribution in [3.63, 3.8) is 0 Å². The number of hydrogen-bond acceptors (Lipinski definition) is 8. The first-order chi connectivity index (χ1) is 21.6. The van der Waals surface area contributed by atoms with Gasteiger partial charge in [0.2, 0.25) is 0 Å². The van der Waals surface area contributed by atoms with Gasteiger partial charge in [-0.15, -0.1) is 0 Å². The molecule has 2 aliphatic heterocycles. The normalized spacial score (nSPS) is 15.8. The van der Waals surface area contributed by atoms with E-state index in [0.717, 1.165) is 23.9 Å². The highest BCUT2D eigenvalue weighted by molar-refractivity contribution is 9.11. The number of para-hydroxylation sites is 1. The summed E-state index contributed by atoms with van der Waals surface area (Å²) >= 11 is 5.11. The topological polar surface area (TPSA) is 159 Å². The van der Waals surface area contributed by atoms with Crippen molar-refractivity contribution in [2.45, 2.75) is 37.8 Å². The minimum atomic E-state index is -1.43. The zero-order chi connectivity index (χ0) is 32.3. The van der Waals surface area contributed by atoms with Crippen LogP contribution in [0.1, 0.15) is 24.0 Å². The summed E-state index contributed by atoms with van der Waals surface area (Å²) in [6, 6.07) is 10.7. The summed E-state index contributed by atoms with van der Waals surface area (Å²) in [5.41, 5.74) is 4.91. The second-order valence-electron chi connectivity index (χ2n) is 9.94. The van der Waals surface area contributed by atoms with Crippen LogP contribution in [0.2, 0.25) is 0 Å². The summed E-state index contributed by atoms with van der Waals surface area (Å²) < 4.78 is 20.7. The number of anilines is 1. The van der Waals surface area contributed by atoms with Crippen LogP contribution in [0.5, 0.6) is 5.75 Å². The highest BCUT2D eigenvalue weighted by atomic mass is 79.9. The summed E-state index contributed by atoms with van der Waals surface area (Å²) in [7, 11) is 0.